The Morgan fingerprint density at radius 3 is 2.59 bits per heavy atom. The fourth-order valence-corrected chi connectivity index (χ4v) is 4.91. The van der Waals surface area contributed by atoms with Gasteiger partial charge in [-0.1, -0.05) is 51.1 Å². The summed E-state index contributed by atoms with van der Waals surface area (Å²) in [6.07, 6.45) is 6.07. The van der Waals surface area contributed by atoms with E-state index in [1.165, 1.54) is 11.1 Å². The zero-order valence-electron chi connectivity index (χ0n) is 18.5. The number of para-hydroxylation sites is 1. The molecule has 0 amide bonds. The number of fused-ring (bicyclic) bond motifs is 6. The van der Waals surface area contributed by atoms with Crippen molar-refractivity contribution >= 4 is 39.0 Å². The maximum Gasteiger partial charge on any atom is 0.143 e. The molecular weight excluding hydrogens is 394 g/mol. The Kier molecular flexibility index (Phi) is 3.92. The number of nitrogens with zero attached hydrogens (tertiary/aromatic N) is 1. The lowest BCUT2D eigenvalue weighted by Crippen LogP contribution is -2.10. The van der Waals surface area contributed by atoms with Crippen LogP contribution < -0.4 is 0 Å². The number of allylic oxidation sites excluding steroid dienone is 1. The van der Waals surface area contributed by atoms with Gasteiger partial charge in [0.05, 0.1) is 11.6 Å². The van der Waals surface area contributed by atoms with E-state index in [-0.39, 0.29) is 5.41 Å². The number of aryl methyl sites for hydroxylation is 1. The third-order valence-electron chi connectivity index (χ3n) is 6.57. The summed E-state index contributed by atoms with van der Waals surface area (Å²) in [5.74, 6) is 0.897. The molecular formula is C29H23NO2. The van der Waals surface area contributed by atoms with Gasteiger partial charge in [0, 0.05) is 32.8 Å². The Hall–Kier alpha value is -3.77. The first-order chi connectivity index (χ1) is 15.5. The molecule has 0 fully saturated rings. The molecule has 0 unspecified atom stereocenters. The summed E-state index contributed by atoms with van der Waals surface area (Å²) >= 11 is 0. The molecule has 0 radical (unpaired) electrons. The monoisotopic (exact) mass is 417 g/mol. The molecule has 3 aromatic carbocycles. The van der Waals surface area contributed by atoms with Gasteiger partial charge in [-0.25, -0.2) is 0 Å². The highest BCUT2D eigenvalue weighted by Gasteiger charge is 2.24. The van der Waals surface area contributed by atoms with E-state index >= 15 is 0 Å². The molecule has 6 rings (SSSR count). The molecule has 2 aromatic heterocycles. The lowest BCUT2D eigenvalue weighted by atomic mass is 9.86. The van der Waals surface area contributed by atoms with Crippen molar-refractivity contribution < 1.29 is 8.83 Å². The number of rotatable bonds is 1. The van der Waals surface area contributed by atoms with Crippen LogP contribution in [0, 0.1) is 11.3 Å². The molecule has 0 saturated heterocycles. The highest BCUT2D eigenvalue weighted by molar-refractivity contribution is 6.13. The van der Waals surface area contributed by atoms with Gasteiger partial charge in [0.2, 0.25) is 0 Å². The largest absolute Gasteiger partial charge is 0.456 e. The van der Waals surface area contributed by atoms with Crippen molar-refractivity contribution in [2.24, 2.45) is 0 Å². The zero-order chi connectivity index (χ0) is 22.0. The quantitative estimate of drug-likeness (QED) is 0.277. The highest BCUT2D eigenvalue weighted by Crippen LogP contribution is 2.44. The number of furan rings is 2. The molecule has 156 valence electrons. The van der Waals surface area contributed by atoms with Crippen LogP contribution in [-0.4, -0.2) is 0 Å². The van der Waals surface area contributed by atoms with E-state index in [1.54, 1.807) is 0 Å². The van der Waals surface area contributed by atoms with Crippen molar-refractivity contribution in [2.75, 3.05) is 0 Å². The first kappa shape index (κ1) is 19.0. The van der Waals surface area contributed by atoms with Gasteiger partial charge in [-0.3, -0.25) is 0 Å². The van der Waals surface area contributed by atoms with Crippen LogP contribution in [0.15, 0.2) is 63.4 Å². The van der Waals surface area contributed by atoms with E-state index in [0.29, 0.717) is 5.56 Å². The van der Waals surface area contributed by atoms with Crippen molar-refractivity contribution in [2.45, 2.75) is 39.0 Å². The number of nitriles is 1. The smallest absolute Gasteiger partial charge is 0.143 e. The molecule has 3 heteroatoms. The van der Waals surface area contributed by atoms with Gasteiger partial charge in [-0.15, -0.1) is 0 Å². The van der Waals surface area contributed by atoms with Crippen LogP contribution in [0.5, 0.6) is 0 Å². The second kappa shape index (κ2) is 6.61. The maximum atomic E-state index is 9.99. The molecule has 3 nitrogen and oxygen atoms in total. The van der Waals surface area contributed by atoms with Crippen LogP contribution in [0.1, 0.15) is 49.6 Å². The van der Waals surface area contributed by atoms with E-state index in [9.17, 15) is 5.26 Å². The molecule has 0 N–H and O–H groups in total. The molecule has 1 aliphatic carbocycles. The van der Waals surface area contributed by atoms with Crippen LogP contribution in [0.25, 0.3) is 50.1 Å². The second-order valence-electron chi connectivity index (χ2n) is 9.60. The van der Waals surface area contributed by atoms with E-state index in [4.69, 9.17) is 8.83 Å². The molecule has 0 aliphatic heterocycles. The van der Waals surface area contributed by atoms with Crippen molar-refractivity contribution in [3.05, 3.63) is 77.1 Å². The molecule has 0 spiro atoms. The van der Waals surface area contributed by atoms with E-state index in [1.807, 2.05) is 18.2 Å². The fourth-order valence-electron chi connectivity index (χ4n) is 4.91. The molecule has 0 bridgehead atoms. The van der Waals surface area contributed by atoms with Crippen LogP contribution >= 0.6 is 0 Å². The van der Waals surface area contributed by atoms with E-state index < -0.39 is 0 Å². The Balaban J connectivity index is 1.72. The Morgan fingerprint density at radius 1 is 0.938 bits per heavy atom. The summed E-state index contributed by atoms with van der Waals surface area (Å²) in [6, 6.07) is 18.9. The molecule has 1 aliphatic rings. The third-order valence-corrected chi connectivity index (χ3v) is 6.57. The number of hydrogen-bond acceptors (Lipinski definition) is 3. The minimum atomic E-state index is 0.0539. The summed E-state index contributed by atoms with van der Waals surface area (Å²) in [5.41, 5.74) is 7.49. The average molecular weight is 418 g/mol. The highest BCUT2D eigenvalue weighted by atomic mass is 16.3. The van der Waals surface area contributed by atoms with Gasteiger partial charge >= 0.3 is 0 Å². The minimum Gasteiger partial charge on any atom is -0.456 e. The Morgan fingerprint density at radius 2 is 1.78 bits per heavy atom. The van der Waals surface area contributed by atoms with Gasteiger partial charge < -0.3 is 8.83 Å². The molecule has 0 saturated carbocycles. The van der Waals surface area contributed by atoms with E-state index in [2.05, 4.69) is 69.3 Å². The summed E-state index contributed by atoms with van der Waals surface area (Å²) < 4.78 is 12.6. The fraction of sp³-hybridized carbons (Fsp3) is 0.207. The van der Waals surface area contributed by atoms with Gasteiger partial charge in [0.25, 0.3) is 0 Å². The molecule has 0 atom stereocenters. The van der Waals surface area contributed by atoms with Crippen LogP contribution in [-0.2, 0) is 11.8 Å². The summed E-state index contributed by atoms with van der Waals surface area (Å²) in [6.45, 7) is 6.66. The average Bonchev–Trinajstić information content (AvgIpc) is 3.35. The third kappa shape index (κ3) is 2.66. The normalized spacial score (nSPS) is 13.7. The lowest BCUT2D eigenvalue weighted by Gasteiger charge is -2.18. The minimum absolute atomic E-state index is 0.0539. The standard InChI is InChI=1S/C29H23NO2/c1-29(2,3)18-12-14-24-22(15-18)19-8-6-9-21(28(19)32-24)26-17(16-30)11-13-25-27(26)20-7-4-5-10-23(20)31-25/h5-6,8-15H,4,7H2,1-3H3. The van der Waals surface area contributed by atoms with Crippen molar-refractivity contribution in [3.8, 4) is 17.2 Å². The molecule has 32 heavy (non-hydrogen) atoms. The molecule has 5 aromatic rings. The first-order valence-corrected chi connectivity index (χ1v) is 11.1. The van der Waals surface area contributed by atoms with E-state index in [0.717, 1.165) is 62.6 Å². The van der Waals surface area contributed by atoms with Gasteiger partial charge in [0.1, 0.15) is 22.5 Å². The summed E-state index contributed by atoms with van der Waals surface area (Å²) in [5, 5.41) is 13.2. The first-order valence-electron chi connectivity index (χ1n) is 11.1. The predicted octanol–water partition coefficient (Wildman–Crippen LogP) is 8.13. The van der Waals surface area contributed by atoms with Crippen LogP contribution in [0.2, 0.25) is 0 Å². The van der Waals surface area contributed by atoms with Crippen molar-refractivity contribution in [1.29, 1.82) is 5.26 Å². The maximum absolute atomic E-state index is 9.99. The lowest BCUT2D eigenvalue weighted by molar-refractivity contribution is 0.590. The predicted molar refractivity (Wildman–Crippen MR) is 130 cm³/mol. The SMILES string of the molecule is CC(C)(C)c1ccc2oc3c(-c4c(C#N)ccc5oc6c(c45)CCC=C6)cccc3c2c1. The Bertz CT molecular complexity index is 1610. The molecule has 2 heterocycles. The van der Waals surface area contributed by atoms with Crippen LogP contribution in [0.3, 0.4) is 0 Å². The number of hydrogen-bond donors (Lipinski definition) is 0. The topological polar surface area (TPSA) is 50.1 Å². The second-order valence-corrected chi connectivity index (χ2v) is 9.60. The van der Waals surface area contributed by atoms with Crippen molar-refractivity contribution in [3.63, 3.8) is 0 Å². The zero-order valence-corrected chi connectivity index (χ0v) is 18.5. The summed E-state index contributed by atoms with van der Waals surface area (Å²) in [7, 11) is 0. The van der Waals surface area contributed by atoms with Gasteiger partial charge in [0.15, 0.2) is 0 Å². The van der Waals surface area contributed by atoms with Crippen LogP contribution in [0.4, 0.5) is 0 Å². The number of benzene rings is 3. The Labute approximate surface area is 186 Å². The van der Waals surface area contributed by atoms with Gasteiger partial charge in [-0.2, -0.15) is 5.26 Å². The van der Waals surface area contributed by atoms with Gasteiger partial charge in [-0.05, 0) is 54.2 Å². The summed E-state index contributed by atoms with van der Waals surface area (Å²) in [4.78, 5) is 0. The van der Waals surface area contributed by atoms with Crippen molar-refractivity contribution in [1.82, 2.24) is 0 Å².